The van der Waals surface area contributed by atoms with E-state index in [1.807, 2.05) is 0 Å². The summed E-state index contributed by atoms with van der Waals surface area (Å²) in [7, 11) is 0. The Balaban J connectivity index is -0.000000180. The van der Waals surface area contributed by atoms with Gasteiger partial charge in [-0.15, -0.1) is 0 Å². The zero-order valence-electron chi connectivity index (χ0n) is 5.63. The van der Waals surface area contributed by atoms with Gasteiger partial charge in [-0.2, -0.15) is 13.2 Å². The van der Waals surface area contributed by atoms with Crippen molar-refractivity contribution in [2.45, 2.75) is 20.0 Å². The monoisotopic (exact) mass is 646 g/mol. The molecule has 48 valence electrons. The van der Waals surface area contributed by atoms with E-state index in [0.717, 1.165) is 13.8 Å². The van der Waals surface area contributed by atoms with Crippen LogP contribution in [0.2, 0.25) is 0 Å². The van der Waals surface area contributed by atoms with E-state index in [2.05, 4.69) is 0 Å². The van der Waals surface area contributed by atoms with Gasteiger partial charge in [0.25, 0.3) is 0 Å². The molecule has 9 heavy (non-hydrogen) atoms. The number of alkyl halides is 3. The van der Waals surface area contributed by atoms with Crippen molar-refractivity contribution in [3.8, 4) is 0 Å². The molecule has 5 heteroatoms. The van der Waals surface area contributed by atoms with Gasteiger partial charge in [-0.1, -0.05) is 13.8 Å². The second kappa shape index (κ2) is 2.88. The van der Waals surface area contributed by atoms with E-state index in [1.165, 1.54) is 0 Å². The van der Waals surface area contributed by atoms with E-state index in [0.29, 0.717) is 0 Å². The summed E-state index contributed by atoms with van der Waals surface area (Å²) in [5.74, 6) is -1.20. The van der Waals surface area contributed by atoms with E-state index >= 15 is 0 Å². The van der Waals surface area contributed by atoms with Gasteiger partial charge in [0.15, 0.2) is 0 Å². The number of halogens is 3. The average Bonchev–Trinajstić information content (AvgIpc) is 1.31. The summed E-state index contributed by atoms with van der Waals surface area (Å²) >= 11 is 0. The van der Waals surface area contributed by atoms with Gasteiger partial charge < -0.3 is 0 Å². The molecule has 0 saturated carbocycles. The summed E-state index contributed by atoms with van der Waals surface area (Å²) in [4.78, 5) is 0. The molecule has 0 heterocycles. The third-order valence-electron chi connectivity index (χ3n) is 0.655. The molecule has 0 fully saturated rings. The second-order valence-electron chi connectivity index (χ2n) is 1.70. The molecule has 0 nitrogen and oxygen atoms in total. The molecular weight excluding hydrogens is 639 g/mol. The molecule has 0 aromatic heterocycles. The zero-order chi connectivity index (χ0) is 6.08. The number of hydrogen-bond acceptors (Lipinski definition) is 0. The van der Waals surface area contributed by atoms with Crippen molar-refractivity contribution in [3.63, 3.8) is 0 Å². The molecule has 0 aliphatic rings. The van der Waals surface area contributed by atoms with Gasteiger partial charge in [-0.25, -0.2) is 0 Å². The van der Waals surface area contributed by atoms with Crippen molar-refractivity contribution in [2.24, 2.45) is 5.92 Å². The Kier molecular flexibility index (Phi) is 5.07. The first-order chi connectivity index (χ1) is 2.94. The number of rotatable bonds is 0. The Morgan fingerprint density at radius 3 is 1.11 bits per heavy atom. The predicted octanol–water partition coefficient (Wildman–Crippen LogP) is 2.20. The molecule has 0 bridgehead atoms. The van der Waals surface area contributed by atoms with Gasteiger partial charge >= 0.3 is 6.18 Å². The quantitative estimate of drug-likeness (QED) is 0.379. The van der Waals surface area contributed by atoms with Gasteiger partial charge in [-0.05, 0) is 0 Å². The van der Waals surface area contributed by atoms with Gasteiger partial charge in [0, 0.05) is 5.92 Å². The maximum Gasteiger partial charge on any atom is 0.391 e. The molecule has 0 amide bonds. The van der Waals surface area contributed by atoms with Gasteiger partial charge in [0.05, 0.1) is 0 Å². The predicted molar refractivity (Wildman–Crippen MR) is 20.9 cm³/mol. The summed E-state index contributed by atoms with van der Waals surface area (Å²) in [6.07, 6.45) is -4.00. The molecule has 0 unspecified atom stereocenters. The fraction of sp³-hybridized carbons (Fsp3) is 1.00. The molecule has 0 aromatic rings. The van der Waals surface area contributed by atoms with Crippen molar-refractivity contribution in [2.75, 3.05) is 0 Å². The van der Waals surface area contributed by atoms with Crippen molar-refractivity contribution in [1.29, 1.82) is 0 Å². The third kappa shape index (κ3) is 5.79. The topological polar surface area (TPSA) is 0 Å². The minimum absolute atomic E-state index is 0. The van der Waals surface area contributed by atoms with Crippen LogP contribution in [0, 0.1) is 5.92 Å². The Hall–Kier alpha value is -2.21. The van der Waals surface area contributed by atoms with Crippen LogP contribution in [-0.2, 0) is 0 Å². The van der Waals surface area contributed by atoms with E-state index in [9.17, 15) is 13.2 Å². The van der Waals surface area contributed by atoms with Crippen LogP contribution < -0.4 is 0 Å². The maximum absolute atomic E-state index is 11.2. The van der Waals surface area contributed by atoms with Gasteiger partial charge in [0.2, 0.25) is 0 Å². The molecule has 0 aromatic carbocycles. The molecule has 0 radical (unpaired) electrons. The van der Waals surface area contributed by atoms with Crippen molar-refractivity contribution >= 4 is 0 Å². The molecule has 0 aliphatic carbocycles. The van der Waals surface area contributed by atoms with Crippen LogP contribution in [0.25, 0.3) is 0 Å². The molecule has 0 saturated heterocycles. The Labute approximate surface area is 40.3 Å². The molecule has 0 atom stereocenters. The smallest absolute Gasteiger partial charge is 0.171 e. The molecular formula is C4H7F3Rf2. The van der Waals surface area contributed by atoms with Crippen LogP contribution in [0.15, 0.2) is 0 Å². The first kappa shape index (κ1) is 15.8. The summed E-state index contributed by atoms with van der Waals surface area (Å²) in [5.41, 5.74) is 0. The summed E-state index contributed by atoms with van der Waals surface area (Å²) < 4.78 is 33.5. The van der Waals surface area contributed by atoms with E-state index in [1.54, 1.807) is 0 Å². The Morgan fingerprint density at radius 2 is 1.11 bits per heavy atom. The van der Waals surface area contributed by atoms with Crippen molar-refractivity contribution in [1.82, 2.24) is 0 Å². The van der Waals surface area contributed by atoms with Crippen LogP contribution in [0.4, 0.5) is 13.2 Å². The van der Waals surface area contributed by atoms with E-state index in [4.69, 9.17) is 0 Å². The normalized spacial score (nSPS) is 10.0. The van der Waals surface area contributed by atoms with Crippen molar-refractivity contribution < 1.29 is 13.2 Å². The first-order valence-corrected chi connectivity index (χ1v) is 2.01. The number of hydrogen-bond donors (Lipinski definition) is 0. The largest absolute Gasteiger partial charge is 0.391 e. The Bertz CT molecular complexity index is 59.3. The van der Waals surface area contributed by atoms with E-state index in [-0.39, 0.29) is 0 Å². The summed E-state index contributed by atoms with van der Waals surface area (Å²) in [5, 5.41) is 0. The van der Waals surface area contributed by atoms with Crippen LogP contribution in [0.3, 0.4) is 0 Å². The molecule has 0 aliphatic heterocycles. The molecule has 0 N–H and O–H groups in total. The second-order valence-corrected chi connectivity index (χ2v) is 1.70. The van der Waals surface area contributed by atoms with Crippen LogP contribution >= 0.6 is 0 Å². The summed E-state index contributed by atoms with van der Waals surface area (Å²) in [6, 6.07) is 0. The fourth-order valence-electron chi connectivity index (χ4n) is 0. The zero-order valence-corrected chi connectivity index (χ0v) is 18.4. The maximum atomic E-state index is 11.2. The minimum Gasteiger partial charge on any atom is -0.171 e. The fourth-order valence-corrected chi connectivity index (χ4v) is 0. The van der Waals surface area contributed by atoms with Crippen LogP contribution in [0.5, 0.6) is 0 Å². The van der Waals surface area contributed by atoms with E-state index < -0.39 is 12.1 Å². The molecule has 0 spiro atoms. The standard InChI is InChI=1S/C4H7F3.2Rf/c1-3(2)4(5,6)7;;/h3H,1-2H3;;. The van der Waals surface area contributed by atoms with Gasteiger partial charge in [0.1, 0.15) is 0 Å². The average molecular weight is 646 g/mol. The third-order valence-corrected chi connectivity index (χ3v) is 0.655. The Morgan fingerprint density at radius 1 is 1.00 bits per heavy atom. The van der Waals surface area contributed by atoms with Gasteiger partial charge in [-0.3, -0.25) is 0 Å². The van der Waals surface area contributed by atoms with Crippen LogP contribution in [0.1, 0.15) is 13.8 Å². The molecule has 0 rings (SSSR count). The SMILES string of the molecule is CC(C)C(F)(F)F.[Rf].[Rf]. The first-order valence-electron chi connectivity index (χ1n) is 2.01. The van der Waals surface area contributed by atoms with Crippen molar-refractivity contribution in [3.05, 3.63) is 0 Å². The summed E-state index contributed by atoms with van der Waals surface area (Å²) in [6.45, 7) is 2.25. The minimum atomic E-state index is -4.00. The van der Waals surface area contributed by atoms with Crippen LogP contribution in [-0.4, -0.2) is 6.18 Å².